The van der Waals surface area contributed by atoms with E-state index in [1.54, 1.807) is 19.1 Å². The van der Waals surface area contributed by atoms with Crippen LogP contribution >= 0.6 is 0 Å². The fourth-order valence-corrected chi connectivity index (χ4v) is 3.32. The average Bonchev–Trinajstić information content (AvgIpc) is 3.10. The monoisotopic (exact) mass is 377 g/mol. The van der Waals surface area contributed by atoms with Crippen molar-refractivity contribution < 1.29 is 19.1 Å². The number of ether oxygens (including phenoxy) is 2. The van der Waals surface area contributed by atoms with E-state index in [2.05, 4.69) is 10.6 Å². The number of likely N-dealkylation sites (tertiary alicyclic amines) is 1. The molecule has 0 bridgehead atoms. The van der Waals surface area contributed by atoms with Crippen LogP contribution in [0.4, 0.5) is 4.79 Å². The molecule has 1 aliphatic heterocycles. The Balaban J connectivity index is 2.12. The van der Waals surface area contributed by atoms with Gasteiger partial charge in [-0.25, -0.2) is 4.79 Å². The number of urea groups is 1. The summed E-state index contributed by atoms with van der Waals surface area (Å²) in [5.74, 6) is 0.425. The Morgan fingerprint density at radius 3 is 2.48 bits per heavy atom. The van der Waals surface area contributed by atoms with Crippen LogP contribution in [0.5, 0.6) is 5.75 Å². The highest BCUT2D eigenvalue weighted by Gasteiger charge is 2.40. The molecule has 0 aromatic heterocycles. The summed E-state index contributed by atoms with van der Waals surface area (Å²) in [6.45, 7) is 5.95. The minimum Gasteiger partial charge on any atom is -0.497 e. The van der Waals surface area contributed by atoms with Crippen LogP contribution < -0.4 is 15.4 Å². The van der Waals surface area contributed by atoms with E-state index in [4.69, 9.17) is 9.47 Å². The zero-order chi connectivity index (χ0) is 19.8. The number of nitrogens with zero attached hydrogens (tertiary/aromatic N) is 1. The van der Waals surface area contributed by atoms with Gasteiger partial charge < -0.3 is 25.0 Å². The van der Waals surface area contributed by atoms with Gasteiger partial charge in [-0.05, 0) is 38.0 Å². The summed E-state index contributed by atoms with van der Waals surface area (Å²) in [5.41, 5.74) is 1.03. The van der Waals surface area contributed by atoms with Gasteiger partial charge in [0.2, 0.25) is 5.91 Å². The Bertz CT molecular complexity index is 618. The molecule has 1 saturated heterocycles. The summed E-state index contributed by atoms with van der Waals surface area (Å²) >= 11 is 0. The first-order valence-electron chi connectivity index (χ1n) is 9.42. The molecule has 1 aromatic rings. The Morgan fingerprint density at radius 2 is 1.89 bits per heavy atom. The predicted octanol–water partition coefficient (Wildman–Crippen LogP) is 1.98. The van der Waals surface area contributed by atoms with Gasteiger partial charge in [0, 0.05) is 45.3 Å². The van der Waals surface area contributed by atoms with E-state index in [1.165, 1.54) is 0 Å². The first kappa shape index (κ1) is 21.0. The highest BCUT2D eigenvalue weighted by atomic mass is 16.5. The normalized spacial score (nSPS) is 19.2. The maximum absolute atomic E-state index is 12.8. The summed E-state index contributed by atoms with van der Waals surface area (Å²) in [6, 6.07) is 7.65. The fourth-order valence-electron chi connectivity index (χ4n) is 3.32. The van der Waals surface area contributed by atoms with Crippen LogP contribution in [0.2, 0.25) is 0 Å². The smallest absolute Gasteiger partial charge is 0.317 e. The topological polar surface area (TPSA) is 79.9 Å². The second kappa shape index (κ2) is 10.2. The van der Waals surface area contributed by atoms with E-state index < -0.39 is 0 Å². The molecular formula is C20H31N3O4. The molecule has 2 atom stereocenters. The van der Waals surface area contributed by atoms with E-state index in [0.717, 1.165) is 17.7 Å². The number of rotatable bonds is 8. The fraction of sp³-hybridized carbons (Fsp3) is 0.600. The van der Waals surface area contributed by atoms with Crippen LogP contribution in [0, 0.1) is 5.92 Å². The minimum absolute atomic E-state index is 0.0215. The SMILES string of the molecule is COCCCNC(=O)C1CN(C(=O)NC(C)C)CC1c1ccc(OC)cc1. The summed E-state index contributed by atoms with van der Waals surface area (Å²) in [5, 5.41) is 5.89. The van der Waals surface area contributed by atoms with Gasteiger partial charge >= 0.3 is 6.03 Å². The predicted molar refractivity (Wildman–Crippen MR) is 104 cm³/mol. The van der Waals surface area contributed by atoms with Gasteiger partial charge in [0.1, 0.15) is 5.75 Å². The Labute approximate surface area is 161 Å². The van der Waals surface area contributed by atoms with E-state index in [1.807, 2.05) is 38.1 Å². The molecule has 1 heterocycles. The highest BCUT2D eigenvalue weighted by Crippen LogP contribution is 2.33. The maximum atomic E-state index is 12.8. The van der Waals surface area contributed by atoms with Crippen molar-refractivity contribution in [3.05, 3.63) is 29.8 Å². The average molecular weight is 377 g/mol. The number of hydrogen-bond acceptors (Lipinski definition) is 4. The highest BCUT2D eigenvalue weighted by molar-refractivity contribution is 5.83. The molecule has 1 fully saturated rings. The number of nitrogens with one attached hydrogen (secondary N) is 2. The number of amides is 3. The van der Waals surface area contributed by atoms with Crippen molar-refractivity contribution in [1.82, 2.24) is 15.5 Å². The van der Waals surface area contributed by atoms with Crippen molar-refractivity contribution in [2.24, 2.45) is 5.92 Å². The van der Waals surface area contributed by atoms with Crippen LogP contribution in [-0.2, 0) is 9.53 Å². The van der Waals surface area contributed by atoms with Gasteiger partial charge in [0.25, 0.3) is 0 Å². The first-order valence-corrected chi connectivity index (χ1v) is 9.42. The molecule has 1 aliphatic rings. The third kappa shape index (κ3) is 5.85. The van der Waals surface area contributed by atoms with Crippen LogP contribution in [0.3, 0.4) is 0 Å². The molecule has 7 nitrogen and oxygen atoms in total. The van der Waals surface area contributed by atoms with Crippen molar-refractivity contribution in [3.8, 4) is 5.75 Å². The van der Waals surface area contributed by atoms with Gasteiger partial charge in [0.05, 0.1) is 13.0 Å². The van der Waals surface area contributed by atoms with Crippen LogP contribution in [0.1, 0.15) is 31.7 Å². The standard InChI is InChI=1S/C20H31N3O4/c1-14(2)22-20(25)23-12-17(15-6-8-16(27-4)9-7-15)18(13-23)19(24)21-10-5-11-26-3/h6-9,14,17-18H,5,10-13H2,1-4H3,(H,21,24)(H,22,25). The quantitative estimate of drug-likeness (QED) is 0.679. The van der Waals surface area contributed by atoms with E-state index in [9.17, 15) is 9.59 Å². The number of hydrogen-bond donors (Lipinski definition) is 2. The lowest BCUT2D eigenvalue weighted by Crippen LogP contribution is -2.42. The second-order valence-electron chi connectivity index (χ2n) is 7.13. The Kier molecular flexibility index (Phi) is 7.91. The molecular weight excluding hydrogens is 346 g/mol. The summed E-state index contributed by atoms with van der Waals surface area (Å²) in [6.07, 6.45) is 0.764. The summed E-state index contributed by atoms with van der Waals surface area (Å²) in [7, 11) is 3.27. The minimum atomic E-state index is -0.279. The van der Waals surface area contributed by atoms with Crippen molar-refractivity contribution in [1.29, 1.82) is 0 Å². The number of carbonyl (C=O) groups is 2. The van der Waals surface area contributed by atoms with Crippen molar-refractivity contribution in [2.75, 3.05) is 40.5 Å². The number of benzene rings is 1. The van der Waals surface area contributed by atoms with Crippen molar-refractivity contribution in [3.63, 3.8) is 0 Å². The molecule has 2 rings (SSSR count). The van der Waals surface area contributed by atoms with Gasteiger partial charge in [-0.3, -0.25) is 4.79 Å². The lowest BCUT2D eigenvalue weighted by atomic mass is 9.88. The second-order valence-corrected chi connectivity index (χ2v) is 7.13. The molecule has 0 aliphatic carbocycles. The Morgan fingerprint density at radius 1 is 1.19 bits per heavy atom. The molecule has 3 amide bonds. The van der Waals surface area contributed by atoms with Crippen molar-refractivity contribution >= 4 is 11.9 Å². The molecule has 27 heavy (non-hydrogen) atoms. The van der Waals surface area contributed by atoms with Gasteiger partial charge in [-0.2, -0.15) is 0 Å². The van der Waals surface area contributed by atoms with Crippen LogP contribution in [0.25, 0.3) is 0 Å². The molecule has 2 N–H and O–H groups in total. The maximum Gasteiger partial charge on any atom is 0.317 e. The van der Waals surface area contributed by atoms with Crippen LogP contribution in [0.15, 0.2) is 24.3 Å². The van der Waals surface area contributed by atoms with Crippen molar-refractivity contribution in [2.45, 2.75) is 32.2 Å². The van der Waals surface area contributed by atoms with E-state index >= 15 is 0 Å². The Hall–Kier alpha value is -2.28. The van der Waals surface area contributed by atoms with Gasteiger partial charge in [0.15, 0.2) is 0 Å². The van der Waals surface area contributed by atoms with Gasteiger partial charge in [-0.15, -0.1) is 0 Å². The first-order chi connectivity index (χ1) is 13.0. The largest absolute Gasteiger partial charge is 0.497 e. The zero-order valence-electron chi connectivity index (χ0n) is 16.7. The lowest BCUT2D eigenvalue weighted by Gasteiger charge is -2.19. The molecule has 2 unspecified atom stereocenters. The molecule has 150 valence electrons. The van der Waals surface area contributed by atoms with Crippen LogP contribution in [-0.4, -0.2) is 63.3 Å². The molecule has 7 heteroatoms. The number of carbonyl (C=O) groups excluding carboxylic acids is 2. The molecule has 0 spiro atoms. The summed E-state index contributed by atoms with van der Waals surface area (Å²) in [4.78, 5) is 26.9. The molecule has 1 aromatic carbocycles. The zero-order valence-corrected chi connectivity index (χ0v) is 16.7. The third-order valence-corrected chi connectivity index (χ3v) is 4.72. The molecule has 0 radical (unpaired) electrons. The van der Waals surface area contributed by atoms with Gasteiger partial charge in [-0.1, -0.05) is 12.1 Å². The third-order valence-electron chi connectivity index (χ3n) is 4.72. The van der Waals surface area contributed by atoms with E-state index in [0.29, 0.717) is 26.2 Å². The van der Waals surface area contributed by atoms with E-state index in [-0.39, 0.29) is 29.8 Å². The number of methoxy groups -OCH3 is 2. The molecule has 0 saturated carbocycles. The lowest BCUT2D eigenvalue weighted by molar-refractivity contribution is -0.124. The summed E-state index contributed by atoms with van der Waals surface area (Å²) < 4.78 is 10.2.